The molecule has 1 atom stereocenters. The van der Waals surface area contributed by atoms with Crippen LogP contribution in [0.4, 0.5) is 0 Å². The first kappa shape index (κ1) is 9.85. The molecule has 1 aliphatic heterocycles. The lowest BCUT2D eigenvalue weighted by Crippen LogP contribution is -2.30. The summed E-state index contributed by atoms with van der Waals surface area (Å²) in [6.45, 7) is 2.33. The fourth-order valence-corrected chi connectivity index (χ4v) is 2.48. The van der Waals surface area contributed by atoms with E-state index in [1.807, 2.05) is 12.1 Å². The maximum atomic E-state index is 4.64. The summed E-state index contributed by atoms with van der Waals surface area (Å²) in [5.41, 5.74) is 2.28. The maximum Gasteiger partial charge on any atom is 0.136 e. The molecule has 0 bridgehead atoms. The highest BCUT2D eigenvalue weighted by atomic mass is 15.0. The Morgan fingerprint density at radius 2 is 2.44 bits per heavy atom. The Balaban J connectivity index is 1.78. The molecule has 1 fully saturated rings. The molecule has 0 radical (unpaired) electrons. The highest BCUT2D eigenvalue weighted by Gasteiger charge is 2.14. The van der Waals surface area contributed by atoms with Crippen molar-refractivity contribution in [3.05, 3.63) is 36.3 Å². The van der Waals surface area contributed by atoms with E-state index in [9.17, 15) is 0 Å². The molecule has 3 heterocycles. The molecule has 1 aliphatic rings. The summed E-state index contributed by atoms with van der Waals surface area (Å²) < 4.78 is 2.10. The van der Waals surface area contributed by atoms with Gasteiger partial charge in [0.15, 0.2) is 0 Å². The van der Waals surface area contributed by atoms with E-state index in [-0.39, 0.29) is 0 Å². The topological polar surface area (TPSA) is 29.3 Å². The largest absolute Gasteiger partial charge is 0.316 e. The predicted octanol–water partition coefficient (Wildman–Crippen LogP) is 1.88. The van der Waals surface area contributed by atoms with Crippen molar-refractivity contribution in [2.75, 3.05) is 13.1 Å². The van der Waals surface area contributed by atoms with Gasteiger partial charge in [-0.1, -0.05) is 6.07 Å². The van der Waals surface area contributed by atoms with E-state index in [0.717, 1.165) is 24.5 Å². The molecule has 2 aromatic heterocycles. The molecule has 1 N–H and O–H groups in total. The van der Waals surface area contributed by atoms with E-state index >= 15 is 0 Å². The van der Waals surface area contributed by atoms with Gasteiger partial charge in [-0.3, -0.25) is 0 Å². The Bertz CT molecular complexity index is 436. The van der Waals surface area contributed by atoms with Gasteiger partial charge in [0.2, 0.25) is 0 Å². The summed E-state index contributed by atoms with van der Waals surface area (Å²) >= 11 is 0. The molecule has 3 rings (SSSR count). The smallest absolute Gasteiger partial charge is 0.136 e. The Hall–Kier alpha value is -1.35. The Morgan fingerprint density at radius 1 is 1.44 bits per heavy atom. The van der Waals surface area contributed by atoms with Crippen LogP contribution in [0.2, 0.25) is 0 Å². The number of nitrogens with zero attached hydrogens (tertiary/aromatic N) is 2. The van der Waals surface area contributed by atoms with Crippen LogP contribution in [0.15, 0.2) is 30.6 Å². The number of hydrogen-bond acceptors (Lipinski definition) is 2. The lowest BCUT2D eigenvalue weighted by molar-refractivity contribution is 0.374. The summed E-state index contributed by atoms with van der Waals surface area (Å²) in [6, 6.07) is 6.14. The van der Waals surface area contributed by atoms with Gasteiger partial charge in [0.1, 0.15) is 5.65 Å². The van der Waals surface area contributed by atoms with Gasteiger partial charge in [0.05, 0.1) is 5.69 Å². The second-order valence-corrected chi connectivity index (χ2v) is 4.61. The number of imidazole rings is 1. The van der Waals surface area contributed by atoms with Gasteiger partial charge in [0, 0.05) is 12.4 Å². The summed E-state index contributed by atoms with van der Waals surface area (Å²) in [5.74, 6) is 0.763. The Labute approximate surface area is 95.5 Å². The fraction of sp³-hybridized carbons (Fsp3) is 0.462. The van der Waals surface area contributed by atoms with Crippen LogP contribution < -0.4 is 5.32 Å². The first-order valence-corrected chi connectivity index (χ1v) is 6.05. The van der Waals surface area contributed by atoms with Gasteiger partial charge in [-0.2, -0.15) is 0 Å². The second kappa shape index (κ2) is 4.26. The number of fused-ring (bicyclic) bond motifs is 1. The summed E-state index contributed by atoms with van der Waals surface area (Å²) in [4.78, 5) is 4.64. The zero-order valence-electron chi connectivity index (χ0n) is 9.39. The van der Waals surface area contributed by atoms with Crippen LogP contribution in [0, 0.1) is 5.92 Å². The number of piperidine rings is 1. The normalized spacial score (nSPS) is 21.4. The van der Waals surface area contributed by atoms with Crippen LogP contribution in [0.1, 0.15) is 18.5 Å². The van der Waals surface area contributed by atoms with Crippen molar-refractivity contribution in [3.8, 4) is 0 Å². The third-order valence-corrected chi connectivity index (χ3v) is 3.31. The molecule has 2 aromatic rings. The van der Waals surface area contributed by atoms with E-state index in [4.69, 9.17) is 0 Å². The number of nitrogens with one attached hydrogen (secondary N) is 1. The first-order chi connectivity index (χ1) is 7.92. The fourth-order valence-electron chi connectivity index (χ4n) is 2.48. The van der Waals surface area contributed by atoms with Gasteiger partial charge in [-0.15, -0.1) is 0 Å². The van der Waals surface area contributed by atoms with Crippen molar-refractivity contribution in [2.45, 2.75) is 19.3 Å². The Morgan fingerprint density at radius 3 is 3.25 bits per heavy atom. The zero-order chi connectivity index (χ0) is 10.8. The number of aromatic nitrogens is 2. The maximum absolute atomic E-state index is 4.64. The van der Waals surface area contributed by atoms with E-state index < -0.39 is 0 Å². The quantitative estimate of drug-likeness (QED) is 0.828. The number of hydrogen-bond donors (Lipinski definition) is 1. The summed E-state index contributed by atoms with van der Waals surface area (Å²) in [5, 5.41) is 3.45. The molecule has 84 valence electrons. The van der Waals surface area contributed by atoms with E-state index in [1.54, 1.807) is 0 Å². The average molecular weight is 215 g/mol. The van der Waals surface area contributed by atoms with Crippen LogP contribution in [0.3, 0.4) is 0 Å². The minimum atomic E-state index is 0.763. The van der Waals surface area contributed by atoms with Gasteiger partial charge in [0.25, 0.3) is 0 Å². The predicted molar refractivity (Wildman–Crippen MR) is 64.5 cm³/mol. The van der Waals surface area contributed by atoms with Gasteiger partial charge in [-0.05, 0) is 50.4 Å². The van der Waals surface area contributed by atoms with Crippen molar-refractivity contribution in [1.29, 1.82) is 0 Å². The minimum Gasteiger partial charge on any atom is -0.316 e. The molecule has 0 amide bonds. The molecule has 0 saturated carbocycles. The molecule has 1 unspecified atom stereocenters. The lowest BCUT2D eigenvalue weighted by atomic mass is 9.95. The molecule has 16 heavy (non-hydrogen) atoms. The van der Waals surface area contributed by atoms with Gasteiger partial charge in [-0.25, -0.2) is 4.98 Å². The second-order valence-electron chi connectivity index (χ2n) is 4.61. The third kappa shape index (κ3) is 1.95. The molecular formula is C13H17N3. The van der Waals surface area contributed by atoms with Crippen molar-refractivity contribution in [1.82, 2.24) is 14.7 Å². The van der Waals surface area contributed by atoms with Crippen LogP contribution in [-0.2, 0) is 6.42 Å². The molecule has 1 saturated heterocycles. The number of rotatable bonds is 2. The van der Waals surface area contributed by atoms with Gasteiger partial charge >= 0.3 is 0 Å². The lowest BCUT2D eigenvalue weighted by Gasteiger charge is -2.21. The minimum absolute atomic E-state index is 0.763. The van der Waals surface area contributed by atoms with Crippen LogP contribution in [0.25, 0.3) is 5.65 Å². The van der Waals surface area contributed by atoms with Crippen molar-refractivity contribution in [2.24, 2.45) is 5.92 Å². The Kier molecular flexibility index (Phi) is 2.62. The highest BCUT2D eigenvalue weighted by molar-refractivity contribution is 5.39. The highest BCUT2D eigenvalue weighted by Crippen LogP contribution is 2.16. The zero-order valence-corrected chi connectivity index (χ0v) is 9.39. The van der Waals surface area contributed by atoms with E-state index in [0.29, 0.717) is 0 Å². The molecule has 0 aliphatic carbocycles. The SMILES string of the molecule is c1ccn2cc(CC3CCCNC3)nc2c1. The van der Waals surface area contributed by atoms with Crippen LogP contribution in [0.5, 0.6) is 0 Å². The first-order valence-electron chi connectivity index (χ1n) is 6.05. The van der Waals surface area contributed by atoms with Crippen molar-refractivity contribution >= 4 is 5.65 Å². The van der Waals surface area contributed by atoms with E-state index in [1.165, 1.54) is 25.1 Å². The molecular weight excluding hydrogens is 198 g/mol. The molecule has 3 heteroatoms. The van der Waals surface area contributed by atoms with Crippen LogP contribution >= 0.6 is 0 Å². The van der Waals surface area contributed by atoms with Gasteiger partial charge < -0.3 is 9.72 Å². The third-order valence-electron chi connectivity index (χ3n) is 3.31. The molecule has 0 spiro atoms. The van der Waals surface area contributed by atoms with Crippen LogP contribution in [-0.4, -0.2) is 22.5 Å². The standard InChI is InChI=1S/C13H17N3/c1-2-7-16-10-12(15-13(16)5-1)8-11-4-3-6-14-9-11/h1-2,5,7,10-11,14H,3-4,6,8-9H2. The van der Waals surface area contributed by atoms with Crippen molar-refractivity contribution in [3.63, 3.8) is 0 Å². The average Bonchev–Trinajstić information content (AvgIpc) is 2.72. The summed E-state index contributed by atoms with van der Waals surface area (Å²) in [6.07, 6.45) is 7.96. The van der Waals surface area contributed by atoms with Crippen molar-refractivity contribution < 1.29 is 0 Å². The number of pyridine rings is 1. The molecule has 0 aromatic carbocycles. The molecule has 3 nitrogen and oxygen atoms in total. The van der Waals surface area contributed by atoms with E-state index in [2.05, 4.69) is 33.2 Å². The summed E-state index contributed by atoms with van der Waals surface area (Å²) in [7, 11) is 0. The monoisotopic (exact) mass is 215 g/mol.